The second kappa shape index (κ2) is 10.1. The van der Waals surface area contributed by atoms with E-state index in [1.165, 1.54) is 6.92 Å². The molecule has 2 heterocycles. The summed E-state index contributed by atoms with van der Waals surface area (Å²) in [5, 5.41) is 50.7. The molecule has 6 unspecified atom stereocenters. The van der Waals surface area contributed by atoms with E-state index in [1.807, 2.05) is 19.6 Å². The van der Waals surface area contributed by atoms with Crippen LogP contribution in [0.2, 0.25) is 19.6 Å². The molecule has 9 atom stereocenters. The van der Waals surface area contributed by atoms with Gasteiger partial charge in [-0.15, -0.1) is 0 Å². The molecule has 2 fully saturated rings. The Bertz CT molecular complexity index is 542. The molecule has 170 valence electrons. The molecule has 2 aliphatic heterocycles. The molecule has 2 aliphatic rings. The summed E-state index contributed by atoms with van der Waals surface area (Å²) in [6.45, 7) is 6.50. The molecule has 0 bridgehead atoms. The largest absolute Gasteiger partial charge is 0.463 e. The van der Waals surface area contributed by atoms with Crippen molar-refractivity contribution in [3.8, 4) is 0 Å². The van der Waals surface area contributed by atoms with Crippen LogP contribution in [0.5, 0.6) is 0 Å². The van der Waals surface area contributed by atoms with Crippen LogP contribution in [0.25, 0.3) is 0 Å². The zero-order chi connectivity index (χ0) is 21.9. The summed E-state index contributed by atoms with van der Waals surface area (Å²) in [7, 11) is -1.95. The predicted molar refractivity (Wildman–Crippen MR) is 99.2 cm³/mol. The number of carbonyl (C=O) groups is 1. The van der Waals surface area contributed by atoms with Gasteiger partial charge in [0, 0.05) is 6.92 Å². The lowest BCUT2D eigenvalue weighted by Crippen LogP contribution is -2.61. The lowest BCUT2D eigenvalue weighted by Gasteiger charge is -2.42. The number of esters is 1. The van der Waals surface area contributed by atoms with E-state index in [0.717, 1.165) is 0 Å². The monoisotopic (exact) mass is 440 g/mol. The highest BCUT2D eigenvalue weighted by molar-refractivity contribution is 6.69. The minimum Gasteiger partial charge on any atom is -0.463 e. The fraction of sp³-hybridized carbons (Fsp3) is 0.941. The Morgan fingerprint density at radius 3 is 2.14 bits per heavy atom. The Labute approximate surface area is 170 Å². The number of aliphatic hydroxyl groups is 5. The molecular formula is C17H32O11Si. The van der Waals surface area contributed by atoms with Crippen molar-refractivity contribution < 1.29 is 53.7 Å². The molecule has 5 N–H and O–H groups in total. The van der Waals surface area contributed by atoms with Gasteiger partial charge in [0.05, 0.1) is 19.3 Å². The maximum absolute atomic E-state index is 11.0. The number of hydrogen-bond acceptors (Lipinski definition) is 11. The smallest absolute Gasteiger partial charge is 0.302 e. The van der Waals surface area contributed by atoms with Crippen LogP contribution < -0.4 is 0 Å². The summed E-state index contributed by atoms with van der Waals surface area (Å²) in [6.07, 6.45) is -11.2. The molecular weight excluding hydrogens is 408 g/mol. The van der Waals surface area contributed by atoms with Gasteiger partial charge in [-0.05, 0) is 19.6 Å². The fourth-order valence-corrected chi connectivity index (χ4v) is 4.26. The van der Waals surface area contributed by atoms with E-state index in [4.69, 9.17) is 23.4 Å². The van der Waals surface area contributed by atoms with Crippen LogP contribution in [0.1, 0.15) is 6.92 Å². The van der Waals surface area contributed by atoms with E-state index in [-0.39, 0.29) is 19.8 Å². The minimum atomic E-state index is -1.95. The first-order valence-electron chi connectivity index (χ1n) is 9.51. The first-order chi connectivity index (χ1) is 13.4. The maximum Gasteiger partial charge on any atom is 0.302 e. The van der Waals surface area contributed by atoms with Gasteiger partial charge in [-0.3, -0.25) is 4.79 Å². The van der Waals surface area contributed by atoms with E-state index in [9.17, 15) is 30.3 Å². The average Bonchev–Trinajstić information content (AvgIpc) is 2.62. The molecule has 0 aliphatic carbocycles. The van der Waals surface area contributed by atoms with Gasteiger partial charge in [-0.1, -0.05) is 0 Å². The molecule has 11 nitrogen and oxygen atoms in total. The van der Waals surface area contributed by atoms with Crippen molar-refractivity contribution in [1.82, 2.24) is 0 Å². The van der Waals surface area contributed by atoms with Gasteiger partial charge in [0.2, 0.25) is 0 Å². The average molecular weight is 441 g/mol. The van der Waals surface area contributed by atoms with Crippen molar-refractivity contribution in [2.45, 2.75) is 81.7 Å². The van der Waals surface area contributed by atoms with Crippen molar-refractivity contribution in [3.05, 3.63) is 0 Å². The van der Waals surface area contributed by atoms with Gasteiger partial charge in [0.15, 0.2) is 14.6 Å². The molecule has 0 aromatic carbocycles. The Balaban J connectivity index is 1.91. The van der Waals surface area contributed by atoms with Crippen molar-refractivity contribution in [3.63, 3.8) is 0 Å². The van der Waals surface area contributed by atoms with Crippen molar-refractivity contribution in [1.29, 1.82) is 0 Å². The van der Waals surface area contributed by atoms with Gasteiger partial charge >= 0.3 is 5.97 Å². The molecule has 0 saturated carbocycles. The summed E-state index contributed by atoms with van der Waals surface area (Å²) in [4.78, 5) is 11.0. The van der Waals surface area contributed by atoms with Crippen LogP contribution in [-0.4, -0.2) is 115 Å². The topological polar surface area (TPSA) is 164 Å². The second-order valence-corrected chi connectivity index (χ2v) is 12.7. The molecule has 0 radical (unpaired) electrons. The summed E-state index contributed by atoms with van der Waals surface area (Å²) in [6, 6.07) is 0. The third-order valence-corrected chi connectivity index (χ3v) is 5.65. The summed E-state index contributed by atoms with van der Waals surface area (Å²) >= 11 is 0. The van der Waals surface area contributed by atoms with Gasteiger partial charge in [-0.2, -0.15) is 0 Å². The van der Waals surface area contributed by atoms with Crippen LogP contribution in [0, 0.1) is 0 Å². The van der Waals surface area contributed by atoms with Gasteiger partial charge < -0.3 is 48.9 Å². The maximum atomic E-state index is 11.0. The SMILES string of the molecule is CC(=O)OCC1O[C@H](OCC2OCC(O[Si](C)(C)C)C(O)[C@@H]2O)C(O)C(O)[C@H]1O. The van der Waals surface area contributed by atoms with Crippen LogP contribution in [0.3, 0.4) is 0 Å². The molecule has 12 heteroatoms. The van der Waals surface area contributed by atoms with Crippen LogP contribution in [0.15, 0.2) is 0 Å². The molecule has 0 aromatic rings. The fourth-order valence-electron chi connectivity index (χ4n) is 3.14. The van der Waals surface area contributed by atoms with Crippen molar-refractivity contribution >= 4 is 14.3 Å². The van der Waals surface area contributed by atoms with E-state index >= 15 is 0 Å². The van der Waals surface area contributed by atoms with Gasteiger partial charge in [0.25, 0.3) is 0 Å². The molecule has 2 saturated heterocycles. The standard InChI is InChI=1S/C17H32O11Si/c1-8(18)24-6-10-13(20)15(22)16(23)17(27-10)26-5-9-12(19)14(21)11(7-25-9)28-29(2,3)4/h9-17,19-23H,5-7H2,1-4H3/t9?,10?,11?,12-,13+,14?,15?,16?,17+/m1/s1. The first-order valence-corrected chi connectivity index (χ1v) is 12.9. The summed E-state index contributed by atoms with van der Waals surface area (Å²) in [5.74, 6) is -0.596. The predicted octanol–water partition coefficient (Wildman–Crippen LogP) is -2.29. The number of aliphatic hydroxyl groups excluding tert-OH is 5. The van der Waals surface area contributed by atoms with Gasteiger partial charge in [0.1, 0.15) is 49.3 Å². The highest BCUT2D eigenvalue weighted by Crippen LogP contribution is 2.25. The van der Waals surface area contributed by atoms with Crippen molar-refractivity contribution in [2.24, 2.45) is 0 Å². The molecule has 0 spiro atoms. The second-order valence-electron chi connectivity index (χ2n) is 8.27. The molecule has 0 amide bonds. The lowest BCUT2D eigenvalue weighted by atomic mass is 9.99. The quantitative estimate of drug-likeness (QED) is 0.214. The Morgan fingerprint density at radius 1 is 0.931 bits per heavy atom. The van der Waals surface area contributed by atoms with Crippen LogP contribution in [0.4, 0.5) is 0 Å². The minimum absolute atomic E-state index is 0.0566. The summed E-state index contributed by atoms with van der Waals surface area (Å²) in [5.41, 5.74) is 0. The Kier molecular flexibility index (Phi) is 8.56. The normalized spacial score (nSPS) is 41.2. The van der Waals surface area contributed by atoms with E-state index < -0.39 is 69.4 Å². The number of hydrogen-bond donors (Lipinski definition) is 5. The highest BCUT2D eigenvalue weighted by atomic mass is 28.4. The Hall–Kier alpha value is -0.673. The lowest BCUT2D eigenvalue weighted by molar-refractivity contribution is -0.311. The van der Waals surface area contributed by atoms with Crippen molar-refractivity contribution in [2.75, 3.05) is 19.8 Å². The number of ether oxygens (including phenoxy) is 4. The number of carbonyl (C=O) groups excluding carboxylic acids is 1. The van der Waals surface area contributed by atoms with Crippen LogP contribution >= 0.6 is 0 Å². The molecule has 0 aromatic heterocycles. The Morgan fingerprint density at radius 2 is 1.55 bits per heavy atom. The molecule has 2 rings (SSSR count). The van der Waals surface area contributed by atoms with Gasteiger partial charge in [-0.25, -0.2) is 0 Å². The third-order valence-electron chi connectivity index (χ3n) is 4.64. The van der Waals surface area contributed by atoms with E-state index in [1.54, 1.807) is 0 Å². The summed E-state index contributed by atoms with van der Waals surface area (Å²) < 4.78 is 27.0. The first kappa shape index (κ1) is 24.6. The highest BCUT2D eigenvalue weighted by Gasteiger charge is 2.46. The van der Waals surface area contributed by atoms with E-state index in [0.29, 0.717) is 0 Å². The zero-order valence-electron chi connectivity index (χ0n) is 17.0. The third kappa shape index (κ3) is 6.65. The number of rotatable bonds is 7. The van der Waals surface area contributed by atoms with E-state index in [2.05, 4.69) is 0 Å². The molecule has 29 heavy (non-hydrogen) atoms. The van der Waals surface area contributed by atoms with Crippen LogP contribution in [-0.2, 0) is 28.2 Å². The zero-order valence-corrected chi connectivity index (χ0v) is 18.0.